The number of furan rings is 1. The number of aryl methyl sites for hydroxylation is 1. The summed E-state index contributed by atoms with van der Waals surface area (Å²) in [5, 5.41) is 5.36. The van der Waals surface area contributed by atoms with Gasteiger partial charge < -0.3 is 19.8 Å². The molecule has 0 unspecified atom stereocenters. The Hall–Kier alpha value is -3.87. The predicted molar refractivity (Wildman–Crippen MR) is 108 cm³/mol. The van der Waals surface area contributed by atoms with E-state index < -0.39 is 23.9 Å². The van der Waals surface area contributed by atoms with E-state index in [9.17, 15) is 14.4 Å². The molecule has 7 heteroatoms. The molecule has 0 spiro atoms. The summed E-state index contributed by atoms with van der Waals surface area (Å²) in [4.78, 5) is 36.5. The smallest absolute Gasteiger partial charge is 0.338 e. The van der Waals surface area contributed by atoms with Crippen molar-refractivity contribution < 1.29 is 23.5 Å². The van der Waals surface area contributed by atoms with Gasteiger partial charge in [0.25, 0.3) is 11.8 Å². The van der Waals surface area contributed by atoms with Gasteiger partial charge in [0.15, 0.2) is 11.9 Å². The number of carbonyl (C=O) groups is 3. The van der Waals surface area contributed by atoms with Crippen LogP contribution < -0.4 is 10.6 Å². The van der Waals surface area contributed by atoms with Crippen molar-refractivity contribution in [3.63, 3.8) is 0 Å². The third-order valence-electron chi connectivity index (χ3n) is 4.06. The van der Waals surface area contributed by atoms with E-state index in [0.717, 1.165) is 5.56 Å². The van der Waals surface area contributed by atoms with Gasteiger partial charge in [-0.3, -0.25) is 9.59 Å². The summed E-state index contributed by atoms with van der Waals surface area (Å²) in [5.41, 5.74) is 2.39. The predicted octanol–water partition coefficient (Wildman–Crippen LogP) is 4.02. The molecule has 0 bridgehead atoms. The Morgan fingerprint density at radius 2 is 1.69 bits per heavy atom. The van der Waals surface area contributed by atoms with E-state index in [2.05, 4.69) is 10.6 Å². The molecule has 1 atom stereocenters. The summed E-state index contributed by atoms with van der Waals surface area (Å²) in [6.07, 6.45) is 0.436. The van der Waals surface area contributed by atoms with E-state index >= 15 is 0 Å². The normalized spacial score (nSPS) is 11.4. The minimum absolute atomic E-state index is 0.182. The van der Waals surface area contributed by atoms with Gasteiger partial charge in [-0.25, -0.2) is 4.79 Å². The fourth-order valence-electron chi connectivity index (χ4n) is 2.54. The van der Waals surface area contributed by atoms with Crippen molar-refractivity contribution in [3.8, 4) is 0 Å². The quantitative estimate of drug-likeness (QED) is 0.618. The summed E-state index contributed by atoms with van der Waals surface area (Å²) >= 11 is 0. The molecule has 0 fully saturated rings. The number of ether oxygens (including phenoxy) is 1. The van der Waals surface area contributed by atoms with Crippen LogP contribution in [0.4, 0.5) is 11.4 Å². The number of hydrogen-bond donors (Lipinski definition) is 2. The van der Waals surface area contributed by atoms with Gasteiger partial charge in [0.05, 0.1) is 11.8 Å². The van der Waals surface area contributed by atoms with Crippen LogP contribution in [0, 0.1) is 6.92 Å². The lowest BCUT2D eigenvalue weighted by Gasteiger charge is -2.14. The molecule has 3 aromatic rings. The zero-order chi connectivity index (χ0) is 20.8. The molecule has 1 aromatic heterocycles. The molecule has 2 amide bonds. The maximum Gasteiger partial charge on any atom is 0.338 e. The lowest BCUT2D eigenvalue weighted by atomic mass is 10.2. The highest BCUT2D eigenvalue weighted by atomic mass is 16.5. The van der Waals surface area contributed by atoms with E-state index in [4.69, 9.17) is 9.15 Å². The van der Waals surface area contributed by atoms with Crippen molar-refractivity contribution in [2.75, 3.05) is 10.6 Å². The molecular weight excluding hydrogens is 372 g/mol. The highest BCUT2D eigenvalue weighted by Gasteiger charge is 2.19. The highest BCUT2D eigenvalue weighted by molar-refractivity contribution is 6.02. The fraction of sp³-hybridized carbons (Fsp3) is 0.136. The minimum atomic E-state index is -0.971. The number of anilines is 2. The van der Waals surface area contributed by atoms with Gasteiger partial charge >= 0.3 is 5.97 Å². The lowest BCUT2D eigenvalue weighted by Crippen LogP contribution is -2.30. The molecule has 0 saturated carbocycles. The Balaban J connectivity index is 1.55. The number of esters is 1. The zero-order valence-electron chi connectivity index (χ0n) is 16.0. The third kappa shape index (κ3) is 5.32. The van der Waals surface area contributed by atoms with Crippen LogP contribution in [0.15, 0.2) is 71.3 Å². The maximum atomic E-state index is 12.3. The summed E-state index contributed by atoms with van der Waals surface area (Å²) in [6.45, 7) is 3.42. The van der Waals surface area contributed by atoms with Gasteiger partial charge in [-0.1, -0.05) is 12.1 Å². The molecule has 7 nitrogen and oxygen atoms in total. The van der Waals surface area contributed by atoms with Crippen LogP contribution >= 0.6 is 0 Å². The average molecular weight is 392 g/mol. The second kappa shape index (κ2) is 8.88. The van der Waals surface area contributed by atoms with Crippen molar-refractivity contribution in [2.24, 2.45) is 0 Å². The van der Waals surface area contributed by atoms with Crippen LogP contribution in [0.25, 0.3) is 0 Å². The molecular formula is C22H20N2O5. The van der Waals surface area contributed by atoms with E-state index in [0.29, 0.717) is 11.4 Å². The molecule has 0 aliphatic heterocycles. The molecule has 3 rings (SSSR count). The number of amides is 2. The zero-order valence-corrected chi connectivity index (χ0v) is 16.0. The van der Waals surface area contributed by atoms with E-state index in [1.165, 1.54) is 25.3 Å². The van der Waals surface area contributed by atoms with E-state index in [1.807, 2.05) is 25.1 Å². The molecule has 29 heavy (non-hydrogen) atoms. The van der Waals surface area contributed by atoms with Crippen LogP contribution in [0.1, 0.15) is 33.4 Å². The molecule has 2 N–H and O–H groups in total. The van der Waals surface area contributed by atoms with Crippen molar-refractivity contribution in [3.05, 3.63) is 83.8 Å². The van der Waals surface area contributed by atoms with Gasteiger partial charge in [0, 0.05) is 11.4 Å². The van der Waals surface area contributed by atoms with E-state index in [1.54, 1.807) is 30.3 Å². The van der Waals surface area contributed by atoms with Gasteiger partial charge in [-0.15, -0.1) is 0 Å². The van der Waals surface area contributed by atoms with Gasteiger partial charge in [0.1, 0.15) is 0 Å². The topological polar surface area (TPSA) is 97.6 Å². The summed E-state index contributed by atoms with van der Waals surface area (Å²) < 4.78 is 10.2. The number of nitrogens with one attached hydrogen (secondary N) is 2. The van der Waals surface area contributed by atoms with Crippen molar-refractivity contribution in [1.82, 2.24) is 0 Å². The summed E-state index contributed by atoms with van der Waals surface area (Å²) in [7, 11) is 0. The molecule has 0 aliphatic rings. The molecule has 0 aliphatic carbocycles. The summed E-state index contributed by atoms with van der Waals surface area (Å²) in [6, 6.07) is 16.6. The first-order chi connectivity index (χ1) is 13.9. The third-order valence-corrected chi connectivity index (χ3v) is 4.06. The SMILES string of the molecule is Cc1cccc(NC(=O)[C@@H](C)OC(=O)c2ccc(NC(=O)c3ccco3)cc2)c1. The lowest BCUT2D eigenvalue weighted by molar-refractivity contribution is -0.123. The Kier molecular flexibility index (Phi) is 6.09. The highest BCUT2D eigenvalue weighted by Crippen LogP contribution is 2.14. The monoisotopic (exact) mass is 392 g/mol. The van der Waals surface area contributed by atoms with E-state index in [-0.39, 0.29) is 11.3 Å². The van der Waals surface area contributed by atoms with Crippen LogP contribution in [-0.4, -0.2) is 23.9 Å². The van der Waals surface area contributed by atoms with Gasteiger partial charge in [0.2, 0.25) is 0 Å². The minimum Gasteiger partial charge on any atom is -0.459 e. The number of benzene rings is 2. The van der Waals surface area contributed by atoms with Crippen molar-refractivity contribution in [2.45, 2.75) is 20.0 Å². The Morgan fingerprint density at radius 3 is 2.34 bits per heavy atom. The standard InChI is InChI=1S/C22H20N2O5/c1-14-5-3-6-18(13-14)24-20(25)15(2)29-22(27)16-8-10-17(11-9-16)23-21(26)19-7-4-12-28-19/h3-13,15H,1-2H3,(H,23,26)(H,24,25)/t15-/m1/s1. The number of hydrogen-bond acceptors (Lipinski definition) is 5. The van der Waals surface area contributed by atoms with Gasteiger partial charge in [-0.2, -0.15) is 0 Å². The Bertz CT molecular complexity index is 1010. The second-order valence-corrected chi connectivity index (χ2v) is 6.42. The molecule has 2 aromatic carbocycles. The van der Waals surface area contributed by atoms with Crippen LogP contribution in [0.2, 0.25) is 0 Å². The molecule has 148 valence electrons. The Morgan fingerprint density at radius 1 is 0.931 bits per heavy atom. The van der Waals surface area contributed by atoms with Crippen LogP contribution in [0.5, 0.6) is 0 Å². The van der Waals surface area contributed by atoms with Crippen LogP contribution in [-0.2, 0) is 9.53 Å². The second-order valence-electron chi connectivity index (χ2n) is 6.42. The average Bonchev–Trinajstić information content (AvgIpc) is 3.23. The summed E-state index contributed by atoms with van der Waals surface area (Å²) in [5.74, 6) is -1.28. The molecule has 1 heterocycles. The first-order valence-electron chi connectivity index (χ1n) is 8.96. The van der Waals surface area contributed by atoms with Crippen molar-refractivity contribution in [1.29, 1.82) is 0 Å². The molecule has 0 radical (unpaired) electrons. The Labute approximate surface area is 167 Å². The first-order valence-corrected chi connectivity index (χ1v) is 8.96. The largest absolute Gasteiger partial charge is 0.459 e. The van der Waals surface area contributed by atoms with Gasteiger partial charge in [-0.05, 0) is 67.9 Å². The van der Waals surface area contributed by atoms with Crippen LogP contribution in [0.3, 0.4) is 0 Å². The number of rotatable bonds is 6. The fourth-order valence-corrected chi connectivity index (χ4v) is 2.54. The van der Waals surface area contributed by atoms with Crippen molar-refractivity contribution >= 4 is 29.2 Å². The molecule has 0 saturated heterocycles. The maximum absolute atomic E-state index is 12.3. The number of carbonyl (C=O) groups excluding carboxylic acids is 3. The first kappa shape index (κ1) is 19.9.